The molecule has 2 amide bonds. The monoisotopic (exact) mass is 592 g/mol. The minimum absolute atomic E-state index is 0.0282. The Labute approximate surface area is 253 Å². The van der Waals surface area contributed by atoms with Crippen LogP contribution in [0.25, 0.3) is 0 Å². The number of ether oxygens (including phenoxy) is 2. The molecule has 2 heterocycles. The first-order chi connectivity index (χ1) is 20.6. The maximum atomic E-state index is 13.3. The first-order valence-corrected chi connectivity index (χ1v) is 15.4. The second-order valence-corrected chi connectivity index (χ2v) is 12.8. The van der Waals surface area contributed by atoms with Crippen molar-refractivity contribution in [2.45, 2.75) is 71.8 Å². The summed E-state index contributed by atoms with van der Waals surface area (Å²) in [4.78, 5) is 51.7. The molecule has 2 saturated carbocycles. The Kier molecular flexibility index (Phi) is 9.08. The summed E-state index contributed by atoms with van der Waals surface area (Å²) in [6.07, 6.45) is 8.96. The van der Waals surface area contributed by atoms with Gasteiger partial charge in [0.05, 0.1) is 36.9 Å². The van der Waals surface area contributed by atoms with Crippen molar-refractivity contribution in [3.8, 4) is 5.75 Å². The Morgan fingerprint density at radius 2 is 1.91 bits per heavy atom. The fraction of sp³-hybridized carbons (Fsp3) is 0.594. The second kappa shape index (κ2) is 12.8. The Bertz CT molecular complexity index is 1360. The van der Waals surface area contributed by atoms with Crippen LogP contribution in [0.15, 0.2) is 24.4 Å². The summed E-state index contributed by atoms with van der Waals surface area (Å²) in [6.45, 7) is 7.06. The van der Waals surface area contributed by atoms with Crippen molar-refractivity contribution in [1.82, 2.24) is 15.3 Å². The Hall–Kier alpha value is -3.89. The number of aromatic nitrogens is 2. The van der Waals surface area contributed by atoms with Gasteiger partial charge in [-0.15, -0.1) is 0 Å². The number of esters is 1. The molecule has 1 aromatic carbocycles. The molecule has 2 fully saturated rings. The van der Waals surface area contributed by atoms with E-state index >= 15 is 0 Å². The van der Waals surface area contributed by atoms with Crippen molar-refractivity contribution < 1.29 is 23.9 Å². The lowest BCUT2D eigenvalue weighted by atomic mass is 9.91. The molecule has 232 valence electrons. The van der Waals surface area contributed by atoms with Crippen LogP contribution < -0.4 is 25.2 Å². The molecule has 1 unspecified atom stereocenters. The van der Waals surface area contributed by atoms with E-state index in [1.807, 2.05) is 13.8 Å². The number of anilines is 4. The normalized spacial score (nSPS) is 21.7. The molecule has 11 nitrogen and oxygen atoms in total. The summed E-state index contributed by atoms with van der Waals surface area (Å²) < 4.78 is 11.0. The van der Waals surface area contributed by atoms with Crippen molar-refractivity contribution in [2.75, 3.05) is 49.0 Å². The van der Waals surface area contributed by atoms with Gasteiger partial charge in [0.15, 0.2) is 5.82 Å². The van der Waals surface area contributed by atoms with E-state index in [1.165, 1.54) is 20.0 Å². The van der Waals surface area contributed by atoms with Gasteiger partial charge in [-0.2, -0.15) is 4.98 Å². The van der Waals surface area contributed by atoms with Gasteiger partial charge in [-0.3, -0.25) is 14.4 Å². The molecular formula is C32H44N6O5. The number of amides is 2. The number of methoxy groups -OCH3 is 1. The highest BCUT2D eigenvalue weighted by molar-refractivity contribution is 6.01. The molecule has 0 saturated heterocycles. The van der Waals surface area contributed by atoms with Crippen LogP contribution in [0.2, 0.25) is 0 Å². The smallest absolute Gasteiger partial charge is 0.309 e. The lowest BCUT2D eigenvalue weighted by Gasteiger charge is -2.34. The standard InChI is InChI=1S/C32H44N6O5/c1-20-10-11-22(16-20)29(40)43-15-14-33-28(39)21-12-13-24(26(17-21)42-5)35-31-34-18-25-27(36-31)38(23-8-6-7-9-23)19-32(2,3)30(41)37(25)4/h12-13,17-18,20,22-23H,6-11,14-16,19H2,1-5H3,(H,33,39)(H,34,35,36)/t20-,22?/m1/s1. The zero-order valence-electron chi connectivity index (χ0n) is 25.9. The average molecular weight is 593 g/mol. The first kappa shape index (κ1) is 30.6. The maximum Gasteiger partial charge on any atom is 0.309 e. The molecule has 2 aliphatic carbocycles. The van der Waals surface area contributed by atoms with Gasteiger partial charge in [-0.1, -0.05) is 19.8 Å². The summed E-state index contributed by atoms with van der Waals surface area (Å²) in [5.74, 6) is 1.66. The van der Waals surface area contributed by atoms with Crippen LogP contribution in [-0.2, 0) is 14.3 Å². The van der Waals surface area contributed by atoms with E-state index in [1.54, 1.807) is 36.3 Å². The molecule has 5 rings (SSSR count). The molecule has 2 atom stereocenters. The number of carbonyl (C=O) groups is 3. The summed E-state index contributed by atoms with van der Waals surface area (Å²) in [7, 11) is 3.32. The molecule has 0 radical (unpaired) electrons. The Balaban J connectivity index is 1.27. The number of hydrogen-bond donors (Lipinski definition) is 2. The van der Waals surface area contributed by atoms with Gasteiger partial charge >= 0.3 is 5.97 Å². The molecule has 2 N–H and O–H groups in total. The predicted molar refractivity (Wildman–Crippen MR) is 165 cm³/mol. The van der Waals surface area contributed by atoms with Crippen LogP contribution in [-0.4, -0.2) is 67.6 Å². The first-order valence-electron chi connectivity index (χ1n) is 15.4. The van der Waals surface area contributed by atoms with Crippen LogP contribution in [0.5, 0.6) is 5.75 Å². The molecule has 1 aliphatic heterocycles. The SMILES string of the molecule is COc1cc(C(=O)NCCOC(=O)C2CC[C@@H](C)C2)ccc1Nc1ncc2c(n1)N(C1CCCC1)CC(C)(C)C(=O)N2C. The number of benzene rings is 1. The minimum Gasteiger partial charge on any atom is -0.495 e. The topological polar surface area (TPSA) is 126 Å². The molecule has 0 bridgehead atoms. The molecule has 43 heavy (non-hydrogen) atoms. The zero-order valence-corrected chi connectivity index (χ0v) is 25.9. The van der Waals surface area contributed by atoms with Crippen molar-refractivity contribution in [2.24, 2.45) is 17.3 Å². The average Bonchev–Trinajstić information content (AvgIpc) is 3.68. The summed E-state index contributed by atoms with van der Waals surface area (Å²) in [6, 6.07) is 5.40. The van der Waals surface area contributed by atoms with E-state index in [-0.39, 0.29) is 36.9 Å². The van der Waals surface area contributed by atoms with Gasteiger partial charge in [0.1, 0.15) is 18.0 Å². The van der Waals surface area contributed by atoms with Crippen LogP contribution >= 0.6 is 0 Å². The highest BCUT2D eigenvalue weighted by Crippen LogP contribution is 2.40. The molecule has 3 aliphatic rings. The highest BCUT2D eigenvalue weighted by Gasteiger charge is 2.41. The summed E-state index contributed by atoms with van der Waals surface area (Å²) >= 11 is 0. The molecular weight excluding hydrogens is 548 g/mol. The number of fused-ring (bicyclic) bond motifs is 1. The van der Waals surface area contributed by atoms with Gasteiger partial charge in [0.25, 0.3) is 5.91 Å². The van der Waals surface area contributed by atoms with Crippen LogP contribution in [0, 0.1) is 17.3 Å². The number of hydrogen-bond acceptors (Lipinski definition) is 9. The van der Waals surface area contributed by atoms with Gasteiger partial charge < -0.3 is 29.9 Å². The van der Waals surface area contributed by atoms with Gasteiger partial charge in [-0.25, -0.2) is 4.98 Å². The van der Waals surface area contributed by atoms with E-state index in [4.69, 9.17) is 14.5 Å². The number of nitrogens with zero attached hydrogens (tertiary/aromatic N) is 4. The van der Waals surface area contributed by atoms with E-state index < -0.39 is 5.41 Å². The van der Waals surface area contributed by atoms with Crippen LogP contribution in [0.1, 0.15) is 76.1 Å². The van der Waals surface area contributed by atoms with Gasteiger partial charge in [-0.05, 0) is 70.1 Å². The van der Waals surface area contributed by atoms with E-state index in [0.717, 1.165) is 37.9 Å². The minimum atomic E-state index is -0.568. The lowest BCUT2D eigenvalue weighted by Crippen LogP contribution is -2.45. The van der Waals surface area contributed by atoms with E-state index in [2.05, 4.69) is 27.4 Å². The maximum absolute atomic E-state index is 13.3. The second-order valence-electron chi connectivity index (χ2n) is 12.8. The third-order valence-corrected chi connectivity index (χ3v) is 8.97. The van der Waals surface area contributed by atoms with Crippen molar-refractivity contribution in [1.29, 1.82) is 0 Å². The fourth-order valence-corrected chi connectivity index (χ4v) is 6.54. The summed E-state index contributed by atoms with van der Waals surface area (Å²) in [5.41, 5.74) is 1.14. The molecule has 1 aromatic heterocycles. The Morgan fingerprint density at radius 3 is 2.60 bits per heavy atom. The van der Waals surface area contributed by atoms with Crippen molar-refractivity contribution in [3.63, 3.8) is 0 Å². The molecule has 2 aromatic rings. The van der Waals surface area contributed by atoms with E-state index in [9.17, 15) is 14.4 Å². The third kappa shape index (κ3) is 6.70. The largest absolute Gasteiger partial charge is 0.495 e. The van der Waals surface area contributed by atoms with Gasteiger partial charge in [0.2, 0.25) is 11.9 Å². The lowest BCUT2D eigenvalue weighted by molar-refractivity contribution is -0.148. The number of carbonyl (C=O) groups excluding carboxylic acids is 3. The zero-order chi connectivity index (χ0) is 30.7. The summed E-state index contributed by atoms with van der Waals surface area (Å²) in [5, 5.41) is 6.05. The number of nitrogens with one attached hydrogen (secondary N) is 2. The van der Waals surface area contributed by atoms with Gasteiger partial charge in [0, 0.05) is 25.2 Å². The van der Waals surface area contributed by atoms with Crippen molar-refractivity contribution in [3.05, 3.63) is 30.0 Å². The highest BCUT2D eigenvalue weighted by atomic mass is 16.5. The Morgan fingerprint density at radius 1 is 1.14 bits per heavy atom. The van der Waals surface area contributed by atoms with E-state index in [0.29, 0.717) is 47.1 Å². The quantitative estimate of drug-likeness (QED) is 0.315. The molecule has 11 heteroatoms. The third-order valence-electron chi connectivity index (χ3n) is 8.97. The predicted octanol–water partition coefficient (Wildman–Crippen LogP) is 4.69. The number of rotatable bonds is 9. The fourth-order valence-electron chi connectivity index (χ4n) is 6.54. The van der Waals surface area contributed by atoms with Crippen LogP contribution in [0.4, 0.5) is 23.1 Å². The van der Waals surface area contributed by atoms with Crippen LogP contribution in [0.3, 0.4) is 0 Å². The van der Waals surface area contributed by atoms with Crippen molar-refractivity contribution >= 4 is 40.9 Å². The molecule has 0 spiro atoms.